The quantitative estimate of drug-likeness (QED) is 0.841. The number of rotatable bonds is 7. The molecular formula is C15H21N3OS. The van der Waals surface area contributed by atoms with Crippen LogP contribution in [-0.4, -0.2) is 22.5 Å². The van der Waals surface area contributed by atoms with Crippen LogP contribution in [0.2, 0.25) is 0 Å². The van der Waals surface area contributed by atoms with Crippen molar-refractivity contribution in [2.75, 3.05) is 18.5 Å². The van der Waals surface area contributed by atoms with Gasteiger partial charge in [-0.3, -0.25) is 0 Å². The SMILES string of the molecule is CCOC(CNc1nc(C(C)C)ns1)c1ccccc1. The molecule has 2 rings (SSSR count). The van der Waals surface area contributed by atoms with Crippen molar-refractivity contribution in [1.82, 2.24) is 9.36 Å². The van der Waals surface area contributed by atoms with E-state index in [0.29, 0.717) is 19.1 Å². The van der Waals surface area contributed by atoms with Crippen molar-refractivity contribution in [1.29, 1.82) is 0 Å². The third-order valence-corrected chi connectivity index (χ3v) is 3.62. The summed E-state index contributed by atoms with van der Waals surface area (Å²) in [5, 5.41) is 4.18. The second kappa shape index (κ2) is 7.36. The fourth-order valence-corrected chi connectivity index (χ4v) is 2.58. The second-order valence-electron chi connectivity index (χ2n) is 4.85. The van der Waals surface area contributed by atoms with E-state index in [4.69, 9.17) is 4.74 Å². The number of nitrogens with zero attached hydrogens (tertiary/aromatic N) is 2. The lowest BCUT2D eigenvalue weighted by molar-refractivity contribution is 0.0719. The molecule has 20 heavy (non-hydrogen) atoms. The van der Waals surface area contributed by atoms with E-state index >= 15 is 0 Å². The Hall–Kier alpha value is -1.46. The van der Waals surface area contributed by atoms with E-state index in [9.17, 15) is 0 Å². The normalized spacial score (nSPS) is 12.6. The van der Waals surface area contributed by atoms with Crippen molar-refractivity contribution in [2.24, 2.45) is 0 Å². The van der Waals surface area contributed by atoms with Gasteiger partial charge >= 0.3 is 0 Å². The number of benzene rings is 1. The number of ether oxygens (including phenoxy) is 1. The largest absolute Gasteiger partial charge is 0.372 e. The Bertz CT molecular complexity index is 513. The van der Waals surface area contributed by atoms with Gasteiger partial charge in [0.15, 0.2) is 0 Å². The molecule has 0 saturated heterocycles. The molecule has 0 bridgehead atoms. The first-order valence-electron chi connectivity index (χ1n) is 6.94. The molecule has 5 heteroatoms. The Balaban J connectivity index is 1.98. The van der Waals surface area contributed by atoms with Crippen molar-refractivity contribution in [3.63, 3.8) is 0 Å². The minimum absolute atomic E-state index is 0.0348. The van der Waals surface area contributed by atoms with E-state index < -0.39 is 0 Å². The monoisotopic (exact) mass is 291 g/mol. The predicted octanol–water partition coefficient (Wildman–Crippen LogP) is 3.85. The lowest BCUT2D eigenvalue weighted by atomic mass is 10.1. The average molecular weight is 291 g/mol. The summed E-state index contributed by atoms with van der Waals surface area (Å²) in [5.74, 6) is 1.25. The molecule has 0 fully saturated rings. The van der Waals surface area contributed by atoms with Gasteiger partial charge in [-0.1, -0.05) is 44.2 Å². The number of hydrogen-bond acceptors (Lipinski definition) is 5. The highest BCUT2D eigenvalue weighted by Crippen LogP contribution is 2.21. The maximum absolute atomic E-state index is 5.80. The molecule has 0 saturated carbocycles. The highest BCUT2D eigenvalue weighted by Gasteiger charge is 2.13. The Labute approximate surface area is 124 Å². The lowest BCUT2D eigenvalue weighted by Crippen LogP contribution is -2.15. The highest BCUT2D eigenvalue weighted by atomic mass is 32.1. The van der Waals surface area contributed by atoms with Crippen molar-refractivity contribution in [3.05, 3.63) is 41.7 Å². The first-order valence-corrected chi connectivity index (χ1v) is 7.72. The van der Waals surface area contributed by atoms with Crippen LogP contribution in [0.25, 0.3) is 0 Å². The van der Waals surface area contributed by atoms with Crippen LogP contribution in [0.5, 0.6) is 0 Å². The summed E-state index contributed by atoms with van der Waals surface area (Å²) in [6, 6.07) is 10.2. The smallest absolute Gasteiger partial charge is 0.202 e. The molecular weight excluding hydrogens is 270 g/mol. The molecule has 0 amide bonds. The minimum atomic E-state index is 0.0348. The van der Waals surface area contributed by atoms with Gasteiger partial charge in [-0.2, -0.15) is 4.37 Å². The van der Waals surface area contributed by atoms with Crippen LogP contribution < -0.4 is 5.32 Å². The molecule has 4 nitrogen and oxygen atoms in total. The third-order valence-electron chi connectivity index (χ3n) is 2.94. The van der Waals surface area contributed by atoms with E-state index in [0.717, 1.165) is 11.0 Å². The number of aromatic nitrogens is 2. The van der Waals surface area contributed by atoms with Crippen LogP contribution in [0, 0.1) is 0 Å². The van der Waals surface area contributed by atoms with Crippen LogP contribution in [0.4, 0.5) is 5.13 Å². The molecule has 0 radical (unpaired) electrons. The molecule has 108 valence electrons. The third kappa shape index (κ3) is 4.02. The van der Waals surface area contributed by atoms with E-state index in [1.807, 2.05) is 25.1 Å². The summed E-state index contributed by atoms with van der Waals surface area (Å²) in [4.78, 5) is 4.48. The van der Waals surface area contributed by atoms with Crippen LogP contribution in [-0.2, 0) is 4.74 Å². The van der Waals surface area contributed by atoms with Crippen molar-refractivity contribution in [3.8, 4) is 0 Å². The van der Waals surface area contributed by atoms with Crippen LogP contribution in [0.15, 0.2) is 30.3 Å². The summed E-state index contributed by atoms with van der Waals surface area (Å²) in [7, 11) is 0. The lowest BCUT2D eigenvalue weighted by Gasteiger charge is -2.17. The van der Waals surface area contributed by atoms with Crippen LogP contribution in [0.3, 0.4) is 0 Å². The Kier molecular flexibility index (Phi) is 5.49. The van der Waals surface area contributed by atoms with Gasteiger partial charge in [-0.25, -0.2) is 4.98 Å². The molecule has 1 aromatic carbocycles. The van der Waals surface area contributed by atoms with Crippen molar-refractivity contribution < 1.29 is 4.74 Å². The van der Waals surface area contributed by atoms with Gasteiger partial charge in [0.1, 0.15) is 5.82 Å². The highest BCUT2D eigenvalue weighted by molar-refractivity contribution is 7.09. The zero-order valence-electron chi connectivity index (χ0n) is 12.2. The second-order valence-corrected chi connectivity index (χ2v) is 5.60. The van der Waals surface area contributed by atoms with Crippen molar-refractivity contribution >= 4 is 16.7 Å². The molecule has 1 aromatic heterocycles. The Morgan fingerprint density at radius 2 is 2.00 bits per heavy atom. The molecule has 1 unspecified atom stereocenters. The van der Waals surface area contributed by atoms with E-state index in [-0.39, 0.29) is 6.10 Å². The molecule has 0 aliphatic rings. The van der Waals surface area contributed by atoms with Gasteiger partial charge in [0.25, 0.3) is 0 Å². The topological polar surface area (TPSA) is 47.0 Å². The summed E-state index contributed by atoms with van der Waals surface area (Å²) in [5.41, 5.74) is 1.18. The maximum atomic E-state index is 5.80. The number of hydrogen-bond donors (Lipinski definition) is 1. The molecule has 1 N–H and O–H groups in total. The summed E-state index contributed by atoms with van der Waals surface area (Å²) >= 11 is 1.41. The zero-order chi connectivity index (χ0) is 14.4. The van der Waals surface area contributed by atoms with Gasteiger partial charge in [-0.05, 0) is 12.5 Å². The molecule has 1 atom stereocenters. The molecule has 0 aliphatic carbocycles. The van der Waals surface area contributed by atoms with Crippen LogP contribution >= 0.6 is 11.5 Å². The van der Waals surface area contributed by atoms with Gasteiger partial charge in [0.2, 0.25) is 5.13 Å². The fraction of sp³-hybridized carbons (Fsp3) is 0.467. The zero-order valence-corrected chi connectivity index (χ0v) is 13.0. The molecule has 2 aromatic rings. The van der Waals surface area contributed by atoms with E-state index in [2.05, 4.69) is 40.7 Å². The van der Waals surface area contributed by atoms with Gasteiger partial charge in [0, 0.05) is 30.6 Å². The Morgan fingerprint density at radius 3 is 2.60 bits per heavy atom. The van der Waals surface area contributed by atoms with E-state index in [1.54, 1.807) is 0 Å². The molecule has 0 spiro atoms. The molecule has 1 heterocycles. The maximum Gasteiger partial charge on any atom is 0.202 e. The predicted molar refractivity (Wildman–Crippen MR) is 83.3 cm³/mol. The number of anilines is 1. The molecule has 0 aliphatic heterocycles. The average Bonchev–Trinajstić information content (AvgIpc) is 2.93. The first kappa shape index (κ1) is 14.9. The fourth-order valence-electron chi connectivity index (χ4n) is 1.86. The van der Waals surface area contributed by atoms with Gasteiger partial charge in [-0.15, -0.1) is 0 Å². The van der Waals surface area contributed by atoms with Gasteiger partial charge in [0.05, 0.1) is 6.10 Å². The van der Waals surface area contributed by atoms with Gasteiger partial charge < -0.3 is 10.1 Å². The summed E-state index contributed by atoms with van der Waals surface area (Å²) in [6.07, 6.45) is 0.0348. The summed E-state index contributed by atoms with van der Waals surface area (Å²) < 4.78 is 10.1. The minimum Gasteiger partial charge on any atom is -0.372 e. The first-order chi connectivity index (χ1) is 9.70. The van der Waals surface area contributed by atoms with E-state index in [1.165, 1.54) is 17.1 Å². The Morgan fingerprint density at radius 1 is 1.25 bits per heavy atom. The van der Waals surface area contributed by atoms with Crippen LogP contribution in [0.1, 0.15) is 44.2 Å². The van der Waals surface area contributed by atoms with Crippen molar-refractivity contribution in [2.45, 2.75) is 32.8 Å². The summed E-state index contributed by atoms with van der Waals surface area (Å²) in [6.45, 7) is 7.59. The number of nitrogens with one attached hydrogen (secondary N) is 1. The standard InChI is InChI=1S/C15H21N3OS/c1-4-19-13(12-8-6-5-7-9-12)10-16-15-17-14(11(2)3)18-20-15/h5-9,11,13H,4,10H2,1-3H3,(H,16,17,18).